The summed E-state index contributed by atoms with van der Waals surface area (Å²) in [7, 11) is 0. The molecule has 2 aromatic heterocycles. The number of benzene rings is 1. The van der Waals surface area contributed by atoms with E-state index in [1.165, 1.54) is 20.3 Å². The topological polar surface area (TPSA) is 24.9 Å². The van der Waals surface area contributed by atoms with Crippen molar-refractivity contribution >= 4 is 38.2 Å². The summed E-state index contributed by atoms with van der Waals surface area (Å²) >= 11 is 5.20. The molecular weight excluding hydrogens is 320 g/mol. The Morgan fingerprint density at radius 3 is 2.89 bits per heavy atom. The van der Waals surface area contributed by atoms with Crippen LogP contribution in [0, 0.1) is 0 Å². The summed E-state index contributed by atoms with van der Waals surface area (Å²) in [5.74, 6) is 0. The zero-order valence-electron chi connectivity index (χ0n) is 10.3. The van der Waals surface area contributed by atoms with Gasteiger partial charge in [-0.2, -0.15) is 0 Å². The monoisotopic (exact) mass is 332 g/mol. The maximum Gasteiger partial charge on any atom is 0.0746 e. The molecule has 19 heavy (non-hydrogen) atoms. The second-order valence-corrected chi connectivity index (χ2v) is 6.65. The number of hydrogen-bond donors (Lipinski definition) is 1. The largest absolute Gasteiger partial charge is 0.309 e. The number of halogens is 1. The van der Waals surface area contributed by atoms with Crippen LogP contribution >= 0.6 is 27.3 Å². The lowest BCUT2D eigenvalue weighted by atomic mass is 10.1. The third kappa shape index (κ3) is 3.03. The summed E-state index contributed by atoms with van der Waals surface area (Å²) < 4.78 is 1.18. The quantitative estimate of drug-likeness (QED) is 0.768. The first kappa shape index (κ1) is 12.8. The Hall–Kier alpha value is -1.23. The van der Waals surface area contributed by atoms with E-state index in [4.69, 9.17) is 0 Å². The van der Waals surface area contributed by atoms with Crippen LogP contribution in [-0.4, -0.2) is 4.98 Å². The van der Waals surface area contributed by atoms with Gasteiger partial charge in [0.15, 0.2) is 0 Å². The van der Waals surface area contributed by atoms with Crippen LogP contribution in [0.3, 0.4) is 0 Å². The molecule has 4 heteroatoms. The predicted octanol–water partition coefficient (Wildman–Crippen LogP) is 4.35. The molecule has 0 fully saturated rings. The molecule has 3 aromatic rings. The minimum Gasteiger partial charge on any atom is -0.309 e. The molecule has 0 aliphatic rings. The van der Waals surface area contributed by atoms with E-state index in [1.807, 2.05) is 12.3 Å². The van der Waals surface area contributed by atoms with E-state index in [2.05, 4.69) is 61.9 Å². The lowest BCUT2D eigenvalue weighted by Gasteiger charge is -2.06. The molecule has 0 saturated carbocycles. The number of pyridine rings is 1. The van der Waals surface area contributed by atoms with E-state index < -0.39 is 0 Å². The lowest BCUT2D eigenvalue weighted by molar-refractivity contribution is 0.697. The van der Waals surface area contributed by atoms with Gasteiger partial charge >= 0.3 is 0 Å². The number of fused-ring (bicyclic) bond motifs is 1. The molecule has 2 heterocycles. The molecule has 0 unspecified atom stereocenters. The number of nitrogens with zero attached hydrogens (tertiary/aromatic N) is 1. The summed E-state index contributed by atoms with van der Waals surface area (Å²) in [6.45, 7) is 1.72. The van der Waals surface area contributed by atoms with E-state index in [9.17, 15) is 0 Å². The minimum absolute atomic E-state index is 0.835. The van der Waals surface area contributed by atoms with Gasteiger partial charge in [0.05, 0.1) is 9.30 Å². The first-order chi connectivity index (χ1) is 9.33. The van der Waals surface area contributed by atoms with Gasteiger partial charge in [0.1, 0.15) is 0 Å². The molecule has 0 aliphatic heterocycles. The van der Waals surface area contributed by atoms with Crippen molar-refractivity contribution in [2.75, 3.05) is 0 Å². The number of nitrogens with one attached hydrogen (secondary N) is 1. The van der Waals surface area contributed by atoms with Gasteiger partial charge in [0.25, 0.3) is 0 Å². The molecule has 0 saturated heterocycles. The Balaban J connectivity index is 1.71. The molecule has 2 nitrogen and oxygen atoms in total. The van der Waals surface area contributed by atoms with Gasteiger partial charge in [0.2, 0.25) is 0 Å². The van der Waals surface area contributed by atoms with Gasteiger partial charge in [-0.1, -0.05) is 24.3 Å². The average molecular weight is 333 g/mol. The summed E-state index contributed by atoms with van der Waals surface area (Å²) in [6, 6.07) is 12.5. The zero-order valence-corrected chi connectivity index (χ0v) is 12.7. The number of para-hydroxylation sites is 1. The molecule has 0 spiro atoms. The van der Waals surface area contributed by atoms with Crippen LogP contribution in [0.5, 0.6) is 0 Å². The van der Waals surface area contributed by atoms with Gasteiger partial charge in [-0.05, 0) is 44.6 Å². The van der Waals surface area contributed by atoms with E-state index >= 15 is 0 Å². The van der Waals surface area contributed by atoms with Crippen LogP contribution in [0.4, 0.5) is 0 Å². The van der Waals surface area contributed by atoms with Crippen molar-refractivity contribution in [2.24, 2.45) is 0 Å². The maximum absolute atomic E-state index is 4.47. The average Bonchev–Trinajstić information content (AvgIpc) is 2.85. The predicted molar refractivity (Wildman–Crippen MR) is 84.3 cm³/mol. The van der Waals surface area contributed by atoms with Gasteiger partial charge < -0.3 is 5.32 Å². The van der Waals surface area contributed by atoms with Crippen LogP contribution in [0.1, 0.15) is 11.1 Å². The molecule has 1 aromatic carbocycles. The minimum atomic E-state index is 0.835. The summed E-state index contributed by atoms with van der Waals surface area (Å²) in [5, 5.41) is 6.83. The SMILES string of the molecule is Brc1cc(CNCc2cccc3cccnc23)cs1. The maximum atomic E-state index is 4.47. The summed E-state index contributed by atoms with van der Waals surface area (Å²) in [6.07, 6.45) is 1.85. The normalized spacial score (nSPS) is 11.0. The molecule has 3 rings (SSSR count). The van der Waals surface area contributed by atoms with E-state index in [0.717, 1.165) is 18.6 Å². The highest BCUT2D eigenvalue weighted by Gasteiger charge is 2.02. The Labute approximate surface area is 124 Å². The standard InChI is InChI=1S/C15H13BrN2S/c16-14-7-11(10-19-14)8-17-9-13-4-1-3-12-5-2-6-18-15(12)13/h1-7,10,17H,8-9H2. The van der Waals surface area contributed by atoms with Crippen molar-refractivity contribution in [1.82, 2.24) is 10.3 Å². The smallest absolute Gasteiger partial charge is 0.0746 e. The fourth-order valence-corrected chi connectivity index (χ4v) is 3.30. The first-order valence-electron chi connectivity index (χ1n) is 6.09. The van der Waals surface area contributed by atoms with E-state index in [0.29, 0.717) is 0 Å². The Morgan fingerprint density at radius 1 is 1.16 bits per heavy atom. The van der Waals surface area contributed by atoms with Gasteiger partial charge in [-0.3, -0.25) is 4.98 Å². The van der Waals surface area contributed by atoms with Crippen molar-refractivity contribution in [3.05, 3.63) is 62.9 Å². The molecule has 1 N–H and O–H groups in total. The first-order valence-corrected chi connectivity index (χ1v) is 7.76. The zero-order chi connectivity index (χ0) is 13.1. The second kappa shape index (κ2) is 5.82. The van der Waals surface area contributed by atoms with Crippen LogP contribution in [0.15, 0.2) is 51.8 Å². The van der Waals surface area contributed by atoms with Crippen LogP contribution in [0.25, 0.3) is 10.9 Å². The van der Waals surface area contributed by atoms with Crippen molar-refractivity contribution in [3.8, 4) is 0 Å². The Bertz CT molecular complexity index is 688. The van der Waals surface area contributed by atoms with Gasteiger partial charge in [-0.15, -0.1) is 11.3 Å². The molecule has 0 bridgehead atoms. The molecular formula is C15H13BrN2S. The highest BCUT2D eigenvalue weighted by molar-refractivity contribution is 9.11. The third-order valence-corrected chi connectivity index (χ3v) is 4.54. The molecule has 0 radical (unpaired) electrons. The lowest BCUT2D eigenvalue weighted by Crippen LogP contribution is -2.12. The van der Waals surface area contributed by atoms with Crippen LogP contribution in [0.2, 0.25) is 0 Å². The fourth-order valence-electron chi connectivity index (χ4n) is 2.09. The fraction of sp³-hybridized carbons (Fsp3) is 0.133. The Morgan fingerprint density at radius 2 is 2.05 bits per heavy atom. The molecule has 96 valence electrons. The third-order valence-electron chi connectivity index (χ3n) is 2.98. The van der Waals surface area contributed by atoms with Crippen molar-refractivity contribution in [1.29, 1.82) is 0 Å². The van der Waals surface area contributed by atoms with Crippen LogP contribution in [-0.2, 0) is 13.1 Å². The number of rotatable bonds is 4. The summed E-state index contributed by atoms with van der Waals surface area (Å²) in [4.78, 5) is 4.47. The van der Waals surface area contributed by atoms with Crippen molar-refractivity contribution in [2.45, 2.75) is 13.1 Å². The number of hydrogen-bond acceptors (Lipinski definition) is 3. The van der Waals surface area contributed by atoms with Gasteiger partial charge in [0, 0.05) is 24.7 Å². The van der Waals surface area contributed by atoms with Crippen molar-refractivity contribution < 1.29 is 0 Å². The van der Waals surface area contributed by atoms with E-state index in [-0.39, 0.29) is 0 Å². The molecule has 0 atom stereocenters. The Kier molecular flexibility index (Phi) is 3.92. The van der Waals surface area contributed by atoms with Crippen LogP contribution < -0.4 is 5.32 Å². The molecule has 0 amide bonds. The molecule has 0 aliphatic carbocycles. The van der Waals surface area contributed by atoms with Gasteiger partial charge in [-0.25, -0.2) is 0 Å². The summed E-state index contributed by atoms with van der Waals surface area (Å²) in [5.41, 5.74) is 3.64. The second-order valence-electron chi connectivity index (χ2n) is 4.35. The number of thiophene rings is 1. The highest BCUT2D eigenvalue weighted by Crippen LogP contribution is 2.21. The van der Waals surface area contributed by atoms with Crippen molar-refractivity contribution in [3.63, 3.8) is 0 Å². The number of aromatic nitrogens is 1. The van der Waals surface area contributed by atoms with E-state index in [1.54, 1.807) is 11.3 Å². The highest BCUT2D eigenvalue weighted by atomic mass is 79.9.